The van der Waals surface area contributed by atoms with E-state index in [1.54, 1.807) is 0 Å². The van der Waals surface area contributed by atoms with Crippen LogP contribution >= 0.6 is 7.92 Å². The van der Waals surface area contributed by atoms with Gasteiger partial charge in [0.15, 0.2) is 0 Å². The van der Waals surface area contributed by atoms with Crippen molar-refractivity contribution in [3.8, 4) is 0 Å². The molecule has 54 valence electrons. The Balaban J connectivity index is 3.43. The van der Waals surface area contributed by atoms with Crippen LogP contribution in [-0.4, -0.2) is 24.4 Å². The van der Waals surface area contributed by atoms with Gasteiger partial charge in [0.25, 0.3) is 0 Å². The third-order valence-electron chi connectivity index (χ3n) is 1.27. The van der Waals surface area contributed by atoms with Crippen molar-refractivity contribution in [2.45, 2.75) is 13.8 Å². The Hall–Kier alpha value is -0.100. The molecule has 0 aliphatic carbocycles. The lowest BCUT2D eigenvalue weighted by atomic mass is 10.8. The van der Waals surface area contributed by atoms with Gasteiger partial charge in [-0.25, -0.2) is 0 Å². The Morgan fingerprint density at radius 3 is 2.00 bits per heavy atom. The van der Waals surface area contributed by atoms with Crippen LogP contribution in [0.3, 0.4) is 0 Å². The molecule has 0 radical (unpaired) electrons. The maximum absolute atomic E-state index is 10.4. The van der Waals surface area contributed by atoms with Gasteiger partial charge in [0.2, 0.25) is 5.91 Å². The van der Waals surface area contributed by atoms with Gasteiger partial charge >= 0.3 is 0 Å². The van der Waals surface area contributed by atoms with Crippen LogP contribution in [0.2, 0.25) is 0 Å². The maximum atomic E-state index is 10.4. The topological polar surface area (TPSA) is 43.1 Å². The van der Waals surface area contributed by atoms with E-state index in [0.29, 0.717) is 6.16 Å². The van der Waals surface area contributed by atoms with Crippen molar-refractivity contribution in [3.63, 3.8) is 0 Å². The van der Waals surface area contributed by atoms with Gasteiger partial charge in [-0.1, -0.05) is 21.8 Å². The fourth-order valence-corrected chi connectivity index (χ4v) is 2.00. The van der Waals surface area contributed by atoms with Crippen LogP contribution in [0, 0.1) is 0 Å². The normalized spacial score (nSPS) is 10.1. The zero-order valence-corrected chi connectivity index (χ0v) is 6.95. The first-order valence-corrected chi connectivity index (χ1v) is 5.11. The molecular weight excluding hydrogens is 133 g/mol. The van der Waals surface area contributed by atoms with Gasteiger partial charge in [-0.15, -0.1) is 0 Å². The predicted octanol–water partition coefficient (Wildman–Crippen LogP) is 0.993. The van der Waals surface area contributed by atoms with E-state index in [-0.39, 0.29) is 13.8 Å². The lowest BCUT2D eigenvalue weighted by molar-refractivity contribution is -0.115. The molecule has 2 nitrogen and oxygen atoms in total. The van der Waals surface area contributed by atoms with Crippen LogP contribution in [-0.2, 0) is 4.79 Å². The Labute approximate surface area is 57.6 Å². The molecule has 0 aromatic heterocycles. The van der Waals surface area contributed by atoms with Crippen molar-refractivity contribution >= 4 is 13.8 Å². The zero-order chi connectivity index (χ0) is 7.28. The molecule has 0 rings (SSSR count). The summed E-state index contributed by atoms with van der Waals surface area (Å²) in [6, 6.07) is 0. The van der Waals surface area contributed by atoms with E-state index in [4.69, 9.17) is 5.73 Å². The van der Waals surface area contributed by atoms with E-state index in [1.807, 2.05) is 0 Å². The minimum absolute atomic E-state index is 0.0702. The molecule has 0 fully saturated rings. The summed E-state index contributed by atoms with van der Waals surface area (Å²) in [5.74, 6) is -0.148. The molecule has 0 aliphatic heterocycles. The second-order valence-corrected chi connectivity index (χ2v) is 4.85. The van der Waals surface area contributed by atoms with Gasteiger partial charge in [0.1, 0.15) is 0 Å². The Morgan fingerprint density at radius 2 is 1.89 bits per heavy atom. The van der Waals surface area contributed by atoms with E-state index >= 15 is 0 Å². The highest BCUT2D eigenvalue weighted by Gasteiger charge is 2.04. The van der Waals surface area contributed by atoms with Gasteiger partial charge in [-0.3, -0.25) is 4.79 Å². The molecule has 0 saturated heterocycles. The number of hydrogen-bond acceptors (Lipinski definition) is 1. The van der Waals surface area contributed by atoms with Crippen molar-refractivity contribution in [3.05, 3.63) is 0 Å². The average molecular weight is 147 g/mol. The summed E-state index contributed by atoms with van der Waals surface area (Å²) in [7, 11) is -0.0702. The fourth-order valence-electron chi connectivity index (χ4n) is 0.668. The van der Waals surface area contributed by atoms with Gasteiger partial charge in [-0.2, -0.15) is 0 Å². The molecule has 0 saturated carbocycles. The number of hydrogen-bond donors (Lipinski definition) is 1. The summed E-state index contributed by atoms with van der Waals surface area (Å²) in [6.45, 7) is 4.22. The van der Waals surface area contributed by atoms with Gasteiger partial charge < -0.3 is 5.73 Å². The molecule has 3 heteroatoms. The third kappa shape index (κ3) is 4.41. The van der Waals surface area contributed by atoms with Crippen LogP contribution in [0.1, 0.15) is 13.8 Å². The quantitative estimate of drug-likeness (QED) is 0.592. The summed E-state index contributed by atoms with van der Waals surface area (Å²) in [4.78, 5) is 10.4. The summed E-state index contributed by atoms with van der Waals surface area (Å²) in [5, 5.41) is 0. The van der Waals surface area contributed by atoms with Crippen molar-refractivity contribution in [1.82, 2.24) is 0 Å². The number of carbonyl (C=O) groups excluding carboxylic acids is 1. The van der Waals surface area contributed by atoms with Crippen molar-refractivity contribution < 1.29 is 4.79 Å². The number of rotatable bonds is 4. The van der Waals surface area contributed by atoms with Gasteiger partial charge in [0, 0.05) is 6.16 Å². The fraction of sp³-hybridized carbons (Fsp3) is 0.833. The number of nitrogens with two attached hydrogens (primary N) is 1. The summed E-state index contributed by atoms with van der Waals surface area (Å²) < 4.78 is 0. The maximum Gasteiger partial charge on any atom is 0.221 e. The van der Waals surface area contributed by atoms with Crippen LogP contribution in [0.25, 0.3) is 0 Å². The van der Waals surface area contributed by atoms with Gasteiger partial charge in [-0.05, 0) is 12.3 Å². The minimum Gasteiger partial charge on any atom is -0.369 e. The predicted molar refractivity (Wildman–Crippen MR) is 42.1 cm³/mol. The molecule has 0 aliphatic rings. The van der Waals surface area contributed by atoms with Crippen molar-refractivity contribution in [2.24, 2.45) is 5.73 Å². The molecule has 0 aromatic carbocycles. The highest BCUT2D eigenvalue weighted by molar-refractivity contribution is 7.58. The first kappa shape index (κ1) is 8.90. The molecule has 1 amide bonds. The molecule has 0 bridgehead atoms. The van der Waals surface area contributed by atoms with Crippen molar-refractivity contribution in [2.75, 3.05) is 18.5 Å². The highest BCUT2D eigenvalue weighted by atomic mass is 31.1. The largest absolute Gasteiger partial charge is 0.369 e. The Morgan fingerprint density at radius 1 is 1.44 bits per heavy atom. The standard InChI is InChI=1S/C6H14NOP/c1-3-9(4-2)5-6(7)8/h3-5H2,1-2H3,(H2,7,8). The molecule has 9 heavy (non-hydrogen) atoms. The Kier molecular flexibility index (Phi) is 4.70. The number of carbonyl (C=O) groups is 1. The molecule has 0 unspecified atom stereocenters. The van der Waals surface area contributed by atoms with Crippen LogP contribution in [0.15, 0.2) is 0 Å². The first-order valence-electron chi connectivity index (χ1n) is 3.21. The van der Waals surface area contributed by atoms with E-state index in [1.165, 1.54) is 0 Å². The first-order chi connectivity index (χ1) is 4.20. The van der Waals surface area contributed by atoms with E-state index in [2.05, 4.69) is 13.8 Å². The molecular formula is C6H14NOP. The summed E-state index contributed by atoms with van der Waals surface area (Å²) in [6.07, 6.45) is 2.85. The van der Waals surface area contributed by atoms with E-state index < -0.39 is 0 Å². The summed E-state index contributed by atoms with van der Waals surface area (Å²) >= 11 is 0. The minimum atomic E-state index is -0.148. The lowest BCUT2D eigenvalue weighted by Gasteiger charge is -2.08. The average Bonchev–Trinajstić information content (AvgIpc) is 1.82. The number of amides is 1. The van der Waals surface area contributed by atoms with E-state index in [9.17, 15) is 4.79 Å². The Bertz CT molecular complexity index is 91.1. The monoisotopic (exact) mass is 147 g/mol. The number of primary amides is 1. The third-order valence-corrected chi connectivity index (χ3v) is 3.82. The summed E-state index contributed by atoms with van der Waals surface area (Å²) in [5.41, 5.74) is 5.02. The van der Waals surface area contributed by atoms with Crippen molar-refractivity contribution in [1.29, 1.82) is 0 Å². The second kappa shape index (κ2) is 4.75. The molecule has 0 atom stereocenters. The molecule has 0 spiro atoms. The SMILES string of the molecule is CCP(CC)CC(N)=O. The van der Waals surface area contributed by atoms with E-state index in [0.717, 1.165) is 12.3 Å². The molecule has 0 aromatic rings. The van der Waals surface area contributed by atoms with Crippen LogP contribution in [0.4, 0.5) is 0 Å². The molecule has 2 N–H and O–H groups in total. The molecule has 0 heterocycles. The van der Waals surface area contributed by atoms with Crippen LogP contribution in [0.5, 0.6) is 0 Å². The lowest BCUT2D eigenvalue weighted by Crippen LogP contribution is -2.15. The van der Waals surface area contributed by atoms with Gasteiger partial charge in [0.05, 0.1) is 0 Å². The zero-order valence-electron chi connectivity index (χ0n) is 6.05. The van der Waals surface area contributed by atoms with Crippen LogP contribution < -0.4 is 5.73 Å². The highest BCUT2D eigenvalue weighted by Crippen LogP contribution is 2.32. The second-order valence-electron chi connectivity index (χ2n) is 1.93. The smallest absolute Gasteiger partial charge is 0.221 e.